The van der Waals surface area contributed by atoms with Crippen molar-refractivity contribution in [3.63, 3.8) is 0 Å². The molecule has 0 N–H and O–H groups in total. The highest BCUT2D eigenvalue weighted by Gasteiger charge is 2.37. The Kier molecular flexibility index (Phi) is 6.82. The van der Waals surface area contributed by atoms with E-state index in [-0.39, 0.29) is 35.6 Å². The fourth-order valence-electron chi connectivity index (χ4n) is 4.05. The summed E-state index contributed by atoms with van der Waals surface area (Å²) in [6.07, 6.45) is 1.71. The van der Waals surface area contributed by atoms with E-state index in [0.717, 1.165) is 12.0 Å². The summed E-state index contributed by atoms with van der Waals surface area (Å²) in [6.45, 7) is 5.71. The largest absolute Gasteiger partial charge is 0.360 e. The lowest BCUT2D eigenvalue weighted by atomic mass is 9.95. The fraction of sp³-hybridized carbons (Fsp3) is 0.500. The van der Waals surface area contributed by atoms with Crippen LogP contribution in [-0.4, -0.2) is 48.8 Å². The quantitative estimate of drug-likeness (QED) is 0.678. The summed E-state index contributed by atoms with van der Waals surface area (Å²) in [5.74, 6) is -0.200. The molecule has 0 spiro atoms. The molecule has 31 heavy (non-hydrogen) atoms. The van der Waals surface area contributed by atoms with Crippen molar-refractivity contribution in [1.82, 2.24) is 14.4 Å². The normalized spacial score (nSPS) is 16.6. The maximum Gasteiger partial charge on any atom is 0.248 e. The van der Waals surface area contributed by atoms with Crippen molar-refractivity contribution in [2.24, 2.45) is 5.92 Å². The Balaban J connectivity index is 1.68. The summed E-state index contributed by atoms with van der Waals surface area (Å²) in [5.41, 5.74) is 2.27. The number of rotatable bonds is 6. The summed E-state index contributed by atoms with van der Waals surface area (Å²) in [5, 5.41) is 13.4. The summed E-state index contributed by atoms with van der Waals surface area (Å²) in [6, 6.07) is 9.25. The number of benzene rings is 1. The molecular weight excluding hydrogens is 416 g/mol. The summed E-state index contributed by atoms with van der Waals surface area (Å²) < 4.78 is 32.4. The molecule has 0 unspecified atom stereocenters. The van der Waals surface area contributed by atoms with Crippen molar-refractivity contribution >= 4 is 15.9 Å². The lowest BCUT2D eigenvalue weighted by Gasteiger charge is -2.33. The van der Waals surface area contributed by atoms with Gasteiger partial charge in [-0.25, -0.2) is 8.42 Å². The van der Waals surface area contributed by atoms with Crippen LogP contribution in [0.1, 0.15) is 48.4 Å². The van der Waals surface area contributed by atoms with E-state index >= 15 is 0 Å². The van der Waals surface area contributed by atoms with E-state index < -0.39 is 16.1 Å². The lowest BCUT2D eigenvalue weighted by Crippen LogP contribution is -2.44. The average molecular weight is 445 g/mol. The van der Waals surface area contributed by atoms with Crippen molar-refractivity contribution in [1.29, 1.82) is 5.26 Å². The number of hydrogen-bond acceptors (Lipinski definition) is 6. The minimum atomic E-state index is -3.72. The van der Waals surface area contributed by atoms with Crippen molar-refractivity contribution in [3.05, 3.63) is 46.8 Å². The van der Waals surface area contributed by atoms with Gasteiger partial charge in [-0.15, -0.1) is 0 Å². The number of nitriles is 1. The fourth-order valence-corrected chi connectivity index (χ4v) is 5.81. The number of sulfonamides is 1. The lowest BCUT2D eigenvalue weighted by molar-refractivity contribution is -0.136. The molecule has 1 fully saturated rings. The number of carbonyl (C=O) groups excluding carboxylic acids is 1. The first kappa shape index (κ1) is 23.0. The van der Waals surface area contributed by atoms with E-state index in [4.69, 9.17) is 4.52 Å². The first-order chi connectivity index (χ1) is 14.7. The molecule has 0 bridgehead atoms. The number of amides is 1. The molecule has 0 saturated carbocycles. The van der Waals surface area contributed by atoms with E-state index in [1.165, 1.54) is 14.8 Å². The van der Waals surface area contributed by atoms with Crippen LogP contribution in [0.2, 0.25) is 0 Å². The zero-order valence-electron chi connectivity index (χ0n) is 18.3. The predicted molar refractivity (Wildman–Crippen MR) is 114 cm³/mol. The van der Waals surface area contributed by atoms with E-state index in [9.17, 15) is 18.5 Å². The minimum Gasteiger partial charge on any atom is -0.360 e. The Morgan fingerprint density at radius 2 is 1.90 bits per heavy atom. The van der Waals surface area contributed by atoms with Crippen LogP contribution < -0.4 is 0 Å². The van der Waals surface area contributed by atoms with E-state index in [1.54, 1.807) is 20.9 Å². The van der Waals surface area contributed by atoms with Gasteiger partial charge in [0, 0.05) is 26.1 Å². The van der Waals surface area contributed by atoms with Crippen molar-refractivity contribution in [2.45, 2.75) is 51.0 Å². The first-order valence-electron chi connectivity index (χ1n) is 10.4. The smallest absolute Gasteiger partial charge is 0.248 e. The molecule has 3 rings (SSSR count). The van der Waals surface area contributed by atoms with Crippen LogP contribution in [0.5, 0.6) is 0 Å². The Morgan fingerprint density at radius 1 is 1.29 bits per heavy atom. The third-order valence-corrected chi connectivity index (χ3v) is 8.07. The maximum atomic E-state index is 13.1. The molecule has 1 amide bonds. The van der Waals surface area contributed by atoms with Crippen molar-refractivity contribution < 1.29 is 17.7 Å². The molecule has 1 aromatic carbocycles. The molecule has 0 aliphatic carbocycles. The van der Waals surface area contributed by atoms with Gasteiger partial charge in [0.05, 0.1) is 6.07 Å². The Bertz CT molecular complexity index is 1060. The average Bonchev–Trinajstić information content (AvgIpc) is 3.12. The van der Waals surface area contributed by atoms with Gasteiger partial charge in [0.2, 0.25) is 15.9 Å². The van der Waals surface area contributed by atoms with E-state index in [2.05, 4.69) is 18.1 Å². The van der Waals surface area contributed by atoms with Crippen LogP contribution in [0.15, 0.2) is 33.7 Å². The molecule has 9 heteroatoms. The second kappa shape index (κ2) is 9.20. The van der Waals surface area contributed by atoms with Gasteiger partial charge in [0.15, 0.2) is 5.76 Å². The summed E-state index contributed by atoms with van der Waals surface area (Å²) in [4.78, 5) is 14.7. The van der Waals surface area contributed by atoms with Crippen LogP contribution in [0.3, 0.4) is 0 Å². The monoisotopic (exact) mass is 444 g/mol. The van der Waals surface area contributed by atoms with Gasteiger partial charge in [-0.2, -0.15) is 9.57 Å². The van der Waals surface area contributed by atoms with Crippen LogP contribution in [-0.2, 0) is 21.2 Å². The molecule has 1 saturated heterocycles. The van der Waals surface area contributed by atoms with Crippen molar-refractivity contribution in [2.75, 3.05) is 20.1 Å². The van der Waals surface area contributed by atoms with Crippen molar-refractivity contribution in [3.8, 4) is 6.07 Å². The van der Waals surface area contributed by atoms with Crippen LogP contribution in [0.25, 0.3) is 0 Å². The highest BCUT2D eigenvalue weighted by atomic mass is 32.2. The zero-order valence-corrected chi connectivity index (χ0v) is 19.1. The Labute approximate surface area is 183 Å². The number of piperidine rings is 1. The zero-order chi connectivity index (χ0) is 22.8. The molecule has 2 aromatic rings. The molecule has 8 nitrogen and oxygen atoms in total. The summed E-state index contributed by atoms with van der Waals surface area (Å²) in [7, 11) is -2.08. The van der Waals surface area contributed by atoms with Gasteiger partial charge >= 0.3 is 0 Å². The topological polar surface area (TPSA) is 108 Å². The highest BCUT2D eigenvalue weighted by Crippen LogP contribution is 2.30. The highest BCUT2D eigenvalue weighted by molar-refractivity contribution is 7.89. The maximum absolute atomic E-state index is 13.1. The second-order valence-corrected chi connectivity index (χ2v) is 9.78. The second-order valence-electron chi connectivity index (χ2n) is 7.91. The van der Waals surface area contributed by atoms with Gasteiger partial charge < -0.3 is 9.42 Å². The van der Waals surface area contributed by atoms with Gasteiger partial charge in [-0.1, -0.05) is 36.3 Å². The predicted octanol–water partition coefficient (Wildman–Crippen LogP) is 2.98. The van der Waals surface area contributed by atoms with Crippen LogP contribution in [0, 0.1) is 31.1 Å². The van der Waals surface area contributed by atoms with Gasteiger partial charge in [0.25, 0.3) is 0 Å². The van der Waals surface area contributed by atoms with Gasteiger partial charge in [-0.3, -0.25) is 4.79 Å². The standard InChI is InChI=1S/C22H28N4O4S/c1-5-17-6-8-18(9-7-17)20(14-23)25(4)22(27)19-10-12-26(13-11-19)31(28,29)21-15(2)24-30-16(21)3/h6-9,19-20H,5,10-13H2,1-4H3/t20-/m1/s1. The minimum absolute atomic E-state index is 0.106. The number of nitrogens with zero attached hydrogens (tertiary/aromatic N) is 4. The number of carbonyl (C=O) groups is 1. The van der Waals surface area contributed by atoms with Crippen LogP contribution >= 0.6 is 0 Å². The number of aromatic nitrogens is 1. The van der Waals surface area contributed by atoms with E-state index in [1.807, 2.05) is 24.3 Å². The van der Waals surface area contributed by atoms with E-state index in [0.29, 0.717) is 18.5 Å². The van der Waals surface area contributed by atoms with Gasteiger partial charge in [-0.05, 0) is 44.2 Å². The molecule has 1 atom stereocenters. The third kappa shape index (κ3) is 4.50. The van der Waals surface area contributed by atoms with Gasteiger partial charge in [0.1, 0.15) is 16.6 Å². The van der Waals surface area contributed by atoms with Crippen LogP contribution in [0.4, 0.5) is 0 Å². The molecule has 1 aliphatic rings. The molecule has 166 valence electrons. The Morgan fingerprint density at radius 3 is 2.39 bits per heavy atom. The SMILES string of the molecule is CCc1ccc([C@@H](C#N)N(C)C(=O)C2CCN(S(=O)(=O)c3c(C)noc3C)CC2)cc1. The Hall–Kier alpha value is -2.70. The molecule has 1 aliphatic heterocycles. The molecule has 1 aromatic heterocycles. The molecular formula is C22H28N4O4S. The molecule has 0 radical (unpaired) electrons. The number of aryl methyl sites for hydroxylation is 3. The summed E-state index contributed by atoms with van der Waals surface area (Å²) >= 11 is 0. The molecule has 2 heterocycles. The first-order valence-corrected chi connectivity index (χ1v) is 11.8. The third-order valence-electron chi connectivity index (χ3n) is 5.93. The number of hydrogen-bond donors (Lipinski definition) is 0.